The lowest BCUT2D eigenvalue weighted by molar-refractivity contribution is -0.174. The second kappa shape index (κ2) is 9.67. The summed E-state index contributed by atoms with van der Waals surface area (Å²) < 4.78 is 85.0. The molecule has 39 heavy (non-hydrogen) atoms. The predicted octanol–water partition coefficient (Wildman–Crippen LogP) is 3.61. The molecular weight excluding hydrogens is 534 g/mol. The maximum atomic E-state index is 14.8. The minimum atomic E-state index is -4.90. The van der Waals surface area contributed by atoms with Gasteiger partial charge in [0.25, 0.3) is 5.91 Å². The van der Waals surface area contributed by atoms with E-state index in [1.807, 2.05) is 0 Å². The molecule has 4 rings (SSSR count). The van der Waals surface area contributed by atoms with E-state index in [-0.39, 0.29) is 18.8 Å². The van der Waals surface area contributed by atoms with Crippen LogP contribution in [0, 0.1) is 22.9 Å². The van der Waals surface area contributed by atoms with Crippen LogP contribution in [0.4, 0.5) is 32.2 Å². The highest BCUT2D eigenvalue weighted by atomic mass is 19.4. The Labute approximate surface area is 216 Å². The number of aliphatic hydroxyl groups excluding tert-OH is 1. The number of pyridine rings is 2. The number of halogens is 6. The minimum absolute atomic E-state index is 0.109. The van der Waals surface area contributed by atoms with Crippen LogP contribution >= 0.6 is 0 Å². The van der Waals surface area contributed by atoms with Gasteiger partial charge in [-0.3, -0.25) is 23.9 Å². The molecule has 0 bridgehead atoms. The predicted molar refractivity (Wildman–Crippen MR) is 127 cm³/mol. The number of benzene rings is 1. The van der Waals surface area contributed by atoms with Gasteiger partial charge in [-0.05, 0) is 17.5 Å². The molecule has 0 aliphatic carbocycles. The molecular formula is C25H22F6N4O4. The number of carbonyl (C=O) groups is 2. The smallest absolute Gasteiger partial charge is 0.391 e. The zero-order valence-electron chi connectivity index (χ0n) is 20.7. The summed E-state index contributed by atoms with van der Waals surface area (Å²) >= 11 is 0. The summed E-state index contributed by atoms with van der Waals surface area (Å²) in [7, 11) is 0. The first kappa shape index (κ1) is 28.1. The Hall–Kier alpha value is -3.94. The van der Waals surface area contributed by atoms with Crippen LogP contribution in [-0.2, 0) is 4.79 Å². The third kappa shape index (κ3) is 5.33. The molecule has 1 unspecified atom stereocenters. The quantitative estimate of drug-likeness (QED) is 0.478. The zero-order valence-corrected chi connectivity index (χ0v) is 20.7. The maximum absolute atomic E-state index is 14.8. The lowest BCUT2D eigenvalue weighted by Crippen LogP contribution is -2.53. The van der Waals surface area contributed by atoms with Crippen LogP contribution in [0.15, 0.2) is 35.3 Å². The van der Waals surface area contributed by atoms with Crippen LogP contribution in [0.25, 0.3) is 16.7 Å². The number of alkyl halides is 3. The number of nitrogens with zero attached hydrogens (tertiary/aromatic N) is 3. The van der Waals surface area contributed by atoms with Crippen molar-refractivity contribution < 1.29 is 41.0 Å². The van der Waals surface area contributed by atoms with E-state index in [9.17, 15) is 45.8 Å². The van der Waals surface area contributed by atoms with E-state index in [0.717, 1.165) is 11.0 Å². The number of hydrogen-bond acceptors (Lipinski definition) is 5. The van der Waals surface area contributed by atoms with E-state index in [4.69, 9.17) is 0 Å². The molecule has 2 atom stereocenters. The van der Waals surface area contributed by atoms with Crippen LogP contribution < -0.4 is 15.6 Å². The second-order valence-electron chi connectivity index (χ2n) is 10.2. The number of anilines is 1. The first-order chi connectivity index (χ1) is 18.0. The molecule has 3 heterocycles. The summed E-state index contributed by atoms with van der Waals surface area (Å²) in [5.74, 6) is -6.32. The lowest BCUT2D eigenvalue weighted by atomic mass is 9.86. The molecule has 8 nitrogen and oxygen atoms in total. The van der Waals surface area contributed by atoms with E-state index in [0.29, 0.717) is 22.9 Å². The number of amides is 2. The molecule has 2 aromatic heterocycles. The molecule has 2 amide bonds. The number of aliphatic hydroxyl groups is 1. The Kier molecular flexibility index (Phi) is 6.96. The number of carbonyl (C=O) groups excluding carboxylic acids is 2. The first-order valence-corrected chi connectivity index (χ1v) is 11.6. The molecule has 1 fully saturated rings. The molecule has 14 heteroatoms. The van der Waals surface area contributed by atoms with Crippen LogP contribution in [0.2, 0.25) is 0 Å². The van der Waals surface area contributed by atoms with Crippen LogP contribution in [0.5, 0.6) is 0 Å². The van der Waals surface area contributed by atoms with Gasteiger partial charge in [-0.1, -0.05) is 20.8 Å². The van der Waals surface area contributed by atoms with E-state index in [1.54, 1.807) is 5.32 Å². The normalized spacial score (nSPS) is 17.1. The lowest BCUT2D eigenvalue weighted by Gasteiger charge is -2.33. The van der Waals surface area contributed by atoms with Crippen molar-refractivity contribution in [1.29, 1.82) is 0 Å². The standard InChI is InChI=1S/C25H22F6N4O4/c1-24(2,3)23(25(29,30)31)33-22(39)14-10-35(19-15(27)6-11(26)7-16(19)28)21-13(20(14)38)4-5-17(32-21)34-9-12(36)8-18(34)37/h4-7,10,12,23,36H,8-9H2,1-3H3,(H,33,39)/t12-,23?/m0/s1. The Bertz CT molecular complexity index is 1510. The van der Waals surface area contributed by atoms with E-state index in [2.05, 4.69) is 4.98 Å². The second-order valence-corrected chi connectivity index (χ2v) is 10.2. The molecule has 2 N–H and O–H groups in total. The topological polar surface area (TPSA) is 105 Å². The average molecular weight is 556 g/mol. The van der Waals surface area contributed by atoms with Crippen molar-refractivity contribution in [2.45, 2.75) is 45.5 Å². The third-order valence-corrected chi connectivity index (χ3v) is 6.15. The van der Waals surface area contributed by atoms with Gasteiger partial charge in [0.1, 0.15) is 28.9 Å². The Morgan fingerprint density at radius 1 is 1.10 bits per heavy atom. The number of hydrogen-bond donors (Lipinski definition) is 2. The van der Waals surface area contributed by atoms with Gasteiger partial charge in [0.15, 0.2) is 17.3 Å². The van der Waals surface area contributed by atoms with Gasteiger partial charge >= 0.3 is 6.18 Å². The molecule has 1 aromatic carbocycles. The van der Waals surface area contributed by atoms with Gasteiger partial charge in [0.2, 0.25) is 11.3 Å². The molecule has 0 saturated carbocycles. The third-order valence-electron chi connectivity index (χ3n) is 6.15. The van der Waals surface area contributed by atoms with Gasteiger partial charge < -0.3 is 10.4 Å². The average Bonchev–Trinajstić information content (AvgIpc) is 3.14. The van der Waals surface area contributed by atoms with Gasteiger partial charge in [-0.15, -0.1) is 0 Å². The van der Waals surface area contributed by atoms with Gasteiger partial charge in [0, 0.05) is 18.3 Å². The highest BCUT2D eigenvalue weighted by molar-refractivity contribution is 5.99. The fourth-order valence-electron chi connectivity index (χ4n) is 4.35. The molecule has 1 saturated heterocycles. The molecule has 1 aliphatic heterocycles. The number of aromatic nitrogens is 2. The maximum Gasteiger partial charge on any atom is 0.409 e. The summed E-state index contributed by atoms with van der Waals surface area (Å²) in [5.41, 5.74) is -4.98. The van der Waals surface area contributed by atoms with Gasteiger partial charge in [-0.2, -0.15) is 13.2 Å². The Morgan fingerprint density at radius 2 is 1.72 bits per heavy atom. The number of fused-ring (bicyclic) bond motifs is 1. The first-order valence-electron chi connectivity index (χ1n) is 11.6. The zero-order chi connectivity index (χ0) is 29.0. The van der Waals surface area contributed by atoms with Crippen molar-refractivity contribution >= 4 is 28.7 Å². The van der Waals surface area contributed by atoms with Gasteiger partial charge in [0.05, 0.1) is 24.5 Å². The highest BCUT2D eigenvalue weighted by Gasteiger charge is 2.48. The SMILES string of the molecule is CC(C)(C)C(NC(=O)c1cn(-c2c(F)cc(F)cc2F)c2nc(N3C[C@@H](O)CC3=O)ccc2c1=O)C(F)(F)F. The highest BCUT2D eigenvalue weighted by Crippen LogP contribution is 2.33. The molecule has 0 spiro atoms. The van der Waals surface area contributed by atoms with Crippen LogP contribution in [0.1, 0.15) is 37.6 Å². The van der Waals surface area contributed by atoms with E-state index in [1.165, 1.54) is 26.8 Å². The van der Waals surface area contributed by atoms with Crippen LogP contribution in [-0.4, -0.2) is 51.3 Å². The van der Waals surface area contributed by atoms with E-state index >= 15 is 0 Å². The Morgan fingerprint density at radius 3 is 2.23 bits per heavy atom. The van der Waals surface area contributed by atoms with Crippen molar-refractivity contribution in [2.24, 2.45) is 5.41 Å². The van der Waals surface area contributed by atoms with Gasteiger partial charge in [-0.25, -0.2) is 18.2 Å². The fraction of sp³-hybridized carbons (Fsp3) is 0.360. The Balaban J connectivity index is 1.97. The monoisotopic (exact) mass is 556 g/mol. The molecule has 208 valence electrons. The molecule has 3 aromatic rings. The summed E-state index contributed by atoms with van der Waals surface area (Å²) in [6.07, 6.45) is -5.53. The van der Waals surface area contributed by atoms with E-state index < -0.39 is 80.7 Å². The number of rotatable bonds is 4. The minimum Gasteiger partial charge on any atom is -0.391 e. The summed E-state index contributed by atoms with van der Waals surface area (Å²) in [5, 5.41) is 11.1. The molecule has 1 aliphatic rings. The van der Waals surface area contributed by atoms with Crippen molar-refractivity contribution in [1.82, 2.24) is 14.9 Å². The number of nitrogens with one attached hydrogen (secondary N) is 1. The fourth-order valence-corrected chi connectivity index (χ4v) is 4.35. The largest absolute Gasteiger partial charge is 0.409 e. The number of β-amino-alcohol motifs (C(OH)–C–C–N with tert-alkyl or cyclic N) is 1. The van der Waals surface area contributed by atoms with Crippen molar-refractivity contribution in [3.05, 3.63) is 63.7 Å². The van der Waals surface area contributed by atoms with Crippen molar-refractivity contribution in [3.8, 4) is 5.69 Å². The van der Waals surface area contributed by atoms with Crippen molar-refractivity contribution in [2.75, 3.05) is 11.4 Å². The summed E-state index contributed by atoms with van der Waals surface area (Å²) in [4.78, 5) is 43.7. The summed E-state index contributed by atoms with van der Waals surface area (Å²) in [6, 6.07) is 0.511. The van der Waals surface area contributed by atoms with Crippen LogP contribution in [0.3, 0.4) is 0 Å². The van der Waals surface area contributed by atoms with Crippen molar-refractivity contribution in [3.63, 3.8) is 0 Å². The molecule has 0 radical (unpaired) electrons. The summed E-state index contributed by atoms with van der Waals surface area (Å²) in [6.45, 7) is 3.49.